The van der Waals surface area contributed by atoms with Gasteiger partial charge in [0, 0.05) is 19.1 Å². The number of hydrogen-bond acceptors (Lipinski definition) is 3. The molecule has 0 bridgehead atoms. The Hall–Kier alpha value is -0.120. The first-order chi connectivity index (χ1) is 7.97. The van der Waals surface area contributed by atoms with E-state index in [0.717, 1.165) is 19.5 Å². The van der Waals surface area contributed by atoms with Crippen molar-refractivity contribution in [2.24, 2.45) is 11.8 Å². The number of nitrogens with zero attached hydrogens (tertiary/aromatic N) is 1. The third kappa shape index (κ3) is 3.01. The molecule has 6 atom stereocenters. The van der Waals surface area contributed by atoms with E-state index in [2.05, 4.69) is 32.6 Å². The average Bonchev–Trinajstić information content (AvgIpc) is 2.13. The molecule has 0 aromatic heterocycles. The van der Waals surface area contributed by atoms with Crippen molar-refractivity contribution in [1.29, 1.82) is 0 Å². The summed E-state index contributed by atoms with van der Waals surface area (Å²) in [7, 11) is 0. The van der Waals surface area contributed by atoms with Crippen molar-refractivity contribution in [2.75, 3.05) is 13.1 Å². The van der Waals surface area contributed by atoms with Gasteiger partial charge in [0.25, 0.3) is 0 Å². The van der Waals surface area contributed by atoms with Gasteiger partial charge in [-0.2, -0.15) is 0 Å². The van der Waals surface area contributed by atoms with E-state index in [4.69, 9.17) is 4.74 Å². The minimum atomic E-state index is -0.161. The first-order valence-corrected chi connectivity index (χ1v) is 7.05. The number of hydrogen-bond donors (Lipinski definition) is 1. The van der Waals surface area contributed by atoms with Crippen LogP contribution in [0.2, 0.25) is 0 Å². The van der Waals surface area contributed by atoms with Gasteiger partial charge in [-0.3, -0.25) is 4.90 Å². The summed E-state index contributed by atoms with van der Waals surface area (Å²) in [6.07, 6.45) is 2.61. The van der Waals surface area contributed by atoms with Crippen molar-refractivity contribution < 1.29 is 9.84 Å². The second-order valence-corrected chi connectivity index (χ2v) is 6.32. The van der Waals surface area contributed by atoms with Gasteiger partial charge in [0.05, 0.1) is 18.3 Å². The average molecular weight is 241 g/mol. The third-order valence-corrected chi connectivity index (χ3v) is 4.26. The van der Waals surface area contributed by atoms with Crippen molar-refractivity contribution in [3.8, 4) is 0 Å². The smallest absolute Gasteiger partial charge is 0.0700 e. The summed E-state index contributed by atoms with van der Waals surface area (Å²) in [6.45, 7) is 10.7. The molecule has 6 unspecified atom stereocenters. The van der Waals surface area contributed by atoms with Crippen LogP contribution in [0, 0.1) is 11.8 Å². The van der Waals surface area contributed by atoms with Crippen LogP contribution in [0.1, 0.15) is 40.5 Å². The van der Waals surface area contributed by atoms with Crippen LogP contribution in [-0.2, 0) is 4.74 Å². The predicted octanol–water partition coefficient (Wildman–Crippen LogP) is 1.89. The zero-order valence-electron chi connectivity index (χ0n) is 11.6. The molecular formula is C14H27NO2. The maximum absolute atomic E-state index is 10.4. The maximum atomic E-state index is 10.4. The quantitative estimate of drug-likeness (QED) is 0.761. The molecule has 2 aliphatic rings. The van der Waals surface area contributed by atoms with Gasteiger partial charge in [0.1, 0.15) is 0 Å². The first kappa shape index (κ1) is 13.3. The second kappa shape index (κ2) is 5.25. The van der Waals surface area contributed by atoms with Crippen LogP contribution in [0.3, 0.4) is 0 Å². The normalized spacial score (nSPS) is 49.2. The van der Waals surface area contributed by atoms with Gasteiger partial charge in [-0.05, 0) is 38.5 Å². The van der Waals surface area contributed by atoms with Crippen molar-refractivity contribution in [1.82, 2.24) is 4.90 Å². The Balaban J connectivity index is 2.04. The zero-order valence-corrected chi connectivity index (χ0v) is 11.6. The fraction of sp³-hybridized carbons (Fsp3) is 1.00. The molecule has 3 heteroatoms. The Labute approximate surface area is 105 Å². The van der Waals surface area contributed by atoms with Gasteiger partial charge in [-0.25, -0.2) is 0 Å². The highest BCUT2D eigenvalue weighted by atomic mass is 16.5. The molecule has 17 heavy (non-hydrogen) atoms. The van der Waals surface area contributed by atoms with Gasteiger partial charge in [0.15, 0.2) is 0 Å². The largest absolute Gasteiger partial charge is 0.391 e. The summed E-state index contributed by atoms with van der Waals surface area (Å²) < 4.78 is 5.78. The molecule has 100 valence electrons. The lowest BCUT2D eigenvalue weighted by Crippen LogP contribution is -2.57. The maximum Gasteiger partial charge on any atom is 0.0700 e. The molecule has 0 amide bonds. The summed E-state index contributed by atoms with van der Waals surface area (Å²) in [5, 5.41) is 10.4. The minimum Gasteiger partial charge on any atom is -0.391 e. The molecule has 1 aliphatic carbocycles. The van der Waals surface area contributed by atoms with E-state index >= 15 is 0 Å². The molecule has 1 saturated carbocycles. The van der Waals surface area contributed by atoms with Gasteiger partial charge in [-0.1, -0.05) is 13.8 Å². The van der Waals surface area contributed by atoms with Gasteiger partial charge < -0.3 is 9.84 Å². The molecule has 1 heterocycles. The van der Waals surface area contributed by atoms with Crippen molar-refractivity contribution in [3.63, 3.8) is 0 Å². The Kier molecular flexibility index (Phi) is 4.11. The number of aliphatic hydroxyl groups excluding tert-OH is 1. The third-order valence-electron chi connectivity index (χ3n) is 4.26. The van der Waals surface area contributed by atoms with Crippen LogP contribution in [0.5, 0.6) is 0 Å². The molecule has 1 saturated heterocycles. The van der Waals surface area contributed by atoms with Gasteiger partial charge in [-0.15, -0.1) is 0 Å². The lowest BCUT2D eigenvalue weighted by Gasteiger charge is -2.47. The molecule has 0 aromatic carbocycles. The van der Waals surface area contributed by atoms with Crippen LogP contribution in [0.25, 0.3) is 0 Å². The van der Waals surface area contributed by atoms with E-state index in [0.29, 0.717) is 17.9 Å². The molecule has 0 spiro atoms. The van der Waals surface area contributed by atoms with E-state index in [1.165, 1.54) is 6.42 Å². The first-order valence-electron chi connectivity index (χ1n) is 7.05. The Morgan fingerprint density at radius 2 is 1.59 bits per heavy atom. The van der Waals surface area contributed by atoms with Crippen LogP contribution >= 0.6 is 0 Å². The van der Waals surface area contributed by atoms with Crippen LogP contribution < -0.4 is 0 Å². The molecule has 0 aromatic rings. The van der Waals surface area contributed by atoms with E-state index in [1.54, 1.807) is 0 Å². The second-order valence-electron chi connectivity index (χ2n) is 6.32. The lowest BCUT2D eigenvalue weighted by atomic mass is 9.77. The topological polar surface area (TPSA) is 32.7 Å². The van der Waals surface area contributed by atoms with E-state index in [9.17, 15) is 5.11 Å². The highest BCUT2D eigenvalue weighted by Gasteiger charge is 2.39. The summed E-state index contributed by atoms with van der Waals surface area (Å²) >= 11 is 0. The lowest BCUT2D eigenvalue weighted by molar-refractivity contribution is -0.115. The fourth-order valence-electron chi connectivity index (χ4n) is 3.87. The Morgan fingerprint density at radius 3 is 2.12 bits per heavy atom. The number of aliphatic hydroxyl groups is 1. The standard InChI is InChI=1S/C14H27NO2/c1-9-5-10(2)14(13(16)6-9)15-7-11(3)17-12(4)8-15/h9-14,16H,5-8H2,1-4H3. The van der Waals surface area contributed by atoms with E-state index < -0.39 is 0 Å². The summed E-state index contributed by atoms with van der Waals surface area (Å²) in [6, 6.07) is 0.333. The molecule has 1 aliphatic heterocycles. The monoisotopic (exact) mass is 241 g/mol. The zero-order chi connectivity index (χ0) is 12.6. The van der Waals surface area contributed by atoms with Gasteiger partial charge >= 0.3 is 0 Å². The fourth-order valence-corrected chi connectivity index (χ4v) is 3.87. The Morgan fingerprint density at radius 1 is 1.00 bits per heavy atom. The molecule has 0 radical (unpaired) electrons. The number of rotatable bonds is 1. The highest BCUT2D eigenvalue weighted by molar-refractivity contribution is 4.92. The molecule has 2 fully saturated rings. The van der Waals surface area contributed by atoms with Crippen LogP contribution in [0.15, 0.2) is 0 Å². The predicted molar refractivity (Wildman–Crippen MR) is 68.9 cm³/mol. The highest BCUT2D eigenvalue weighted by Crippen LogP contribution is 2.33. The molecule has 2 rings (SSSR count). The Bertz CT molecular complexity index is 237. The number of morpholine rings is 1. The molecule has 3 nitrogen and oxygen atoms in total. The van der Waals surface area contributed by atoms with Crippen LogP contribution in [-0.4, -0.2) is 47.4 Å². The minimum absolute atomic E-state index is 0.161. The van der Waals surface area contributed by atoms with E-state index in [-0.39, 0.29) is 18.3 Å². The van der Waals surface area contributed by atoms with Crippen molar-refractivity contribution in [3.05, 3.63) is 0 Å². The summed E-state index contributed by atoms with van der Waals surface area (Å²) in [5.41, 5.74) is 0. The van der Waals surface area contributed by atoms with Crippen molar-refractivity contribution in [2.45, 2.75) is 64.9 Å². The number of ether oxygens (including phenoxy) is 1. The van der Waals surface area contributed by atoms with Gasteiger partial charge in [0.2, 0.25) is 0 Å². The summed E-state index contributed by atoms with van der Waals surface area (Å²) in [5.74, 6) is 1.25. The van der Waals surface area contributed by atoms with E-state index in [1.807, 2.05) is 0 Å². The van der Waals surface area contributed by atoms with Crippen molar-refractivity contribution >= 4 is 0 Å². The SMILES string of the molecule is CC1CC(C)C(N2CC(C)OC(C)C2)C(O)C1. The van der Waals surface area contributed by atoms with Crippen LogP contribution in [0.4, 0.5) is 0 Å². The molecule has 1 N–H and O–H groups in total. The summed E-state index contributed by atoms with van der Waals surface area (Å²) in [4.78, 5) is 2.46. The molecular weight excluding hydrogens is 214 g/mol.